The van der Waals surface area contributed by atoms with Gasteiger partial charge in [-0.1, -0.05) is 37.6 Å². The van der Waals surface area contributed by atoms with E-state index >= 15 is 0 Å². The van der Waals surface area contributed by atoms with E-state index in [4.69, 9.17) is 0 Å². The highest BCUT2D eigenvalue weighted by Crippen LogP contribution is 2.32. The van der Waals surface area contributed by atoms with Crippen molar-refractivity contribution >= 4 is 0 Å². The molecule has 0 amide bonds. The fourth-order valence-electron chi connectivity index (χ4n) is 4.02. The van der Waals surface area contributed by atoms with Gasteiger partial charge in [-0.3, -0.25) is 9.78 Å². The number of nitrogens with zero attached hydrogens (tertiary/aromatic N) is 5. The molecule has 0 unspecified atom stereocenters. The first-order valence-electron chi connectivity index (χ1n) is 12.2. The Morgan fingerprint density at radius 2 is 1.93 bits per heavy atom. The monoisotopic (exact) mass is 587 g/mol. The molecule has 0 saturated heterocycles. The van der Waals surface area contributed by atoms with Crippen LogP contribution in [0.25, 0.3) is 11.5 Å². The summed E-state index contributed by atoms with van der Waals surface area (Å²) in [6.07, 6.45) is -0.823. The minimum atomic E-state index is -4.96. The van der Waals surface area contributed by atoms with Crippen molar-refractivity contribution in [1.82, 2.24) is 24.9 Å². The molecule has 0 aromatic carbocycles. The zero-order valence-electron chi connectivity index (χ0n) is 21.4. The Hall–Kier alpha value is -4.30. The number of halogens is 7. The van der Waals surface area contributed by atoms with Crippen molar-refractivity contribution in [2.45, 2.75) is 57.4 Å². The molecular formula is C26H24F7N5O3. The number of aromatic nitrogens is 5. The molecule has 1 aliphatic carbocycles. The minimum absolute atomic E-state index is 0.0138. The van der Waals surface area contributed by atoms with E-state index in [2.05, 4.69) is 42.6 Å². The van der Waals surface area contributed by atoms with Crippen LogP contribution in [0.3, 0.4) is 0 Å². The van der Waals surface area contributed by atoms with Crippen LogP contribution in [-0.2, 0) is 6.54 Å². The van der Waals surface area contributed by atoms with Crippen LogP contribution in [0.4, 0.5) is 30.7 Å². The maximum Gasteiger partial charge on any atom is 0.573 e. The lowest BCUT2D eigenvalue weighted by molar-refractivity contribution is -0.275. The maximum absolute atomic E-state index is 13.2. The summed E-state index contributed by atoms with van der Waals surface area (Å²) in [5.41, 5.74) is -0.359. The number of hydrogen-bond donors (Lipinski definition) is 0. The van der Waals surface area contributed by atoms with E-state index < -0.39 is 48.2 Å². The summed E-state index contributed by atoms with van der Waals surface area (Å²) in [5.74, 6) is -3.38. The summed E-state index contributed by atoms with van der Waals surface area (Å²) in [7, 11) is 0. The van der Waals surface area contributed by atoms with Crippen molar-refractivity contribution in [1.29, 1.82) is 0 Å². The van der Waals surface area contributed by atoms with Gasteiger partial charge < -0.3 is 9.26 Å². The number of rotatable bonds is 8. The summed E-state index contributed by atoms with van der Waals surface area (Å²) in [6.45, 7) is 5.43. The zero-order valence-corrected chi connectivity index (χ0v) is 21.4. The Kier molecular flexibility index (Phi) is 10.6. The lowest BCUT2D eigenvalue weighted by Gasteiger charge is -2.22. The molecule has 3 aromatic rings. The molecule has 0 radical (unpaired) electrons. The molecule has 3 aromatic heterocycles. The summed E-state index contributed by atoms with van der Waals surface area (Å²) in [4.78, 5) is 20.7. The average molecular weight is 587 g/mol. The van der Waals surface area contributed by atoms with Crippen LogP contribution in [0.5, 0.6) is 5.75 Å². The molecular weight excluding hydrogens is 563 g/mol. The molecule has 0 atom stereocenters. The van der Waals surface area contributed by atoms with E-state index in [0.29, 0.717) is 11.6 Å². The molecule has 8 nitrogen and oxygen atoms in total. The number of allylic oxidation sites excluding steroid dienone is 4. The molecule has 0 spiro atoms. The van der Waals surface area contributed by atoms with Crippen molar-refractivity contribution < 1.29 is 40.0 Å². The molecule has 3 heterocycles. The van der Waals surface area contributed by atoms with Crippen LogP contribution in [0, 0.1) is 0 Å². The van der Waals surface area contributed by atoms with Crippen molar-refractivity contribution in [2.75, 3.05) is 0 Å². The predicted octanol–water partition coefficient (Wildman–Crippen LogP) is 7.13. The lowest BCUT2D eigenvalue weighted by Crippen LogP contribution is -2.30. The Morgan fingerprint density at radius 3 is 2.49 bits per heavy atom. The van der Waals surface area contributed by atoms with E-state index in [9.17, 15) is 35.5 Å². The minimum Gasteiger partial charge on any atom is -0.404 e. The first-order chi connectivity index (χ1) is 19.4. The average Bonchev–Trinajstić information content (AvgIpc) is 3.41. The third-order valence-corrected chi connectivity index (χ3v) is 5.77. The van der Waals surface area contributed by atoms with E-state index in [1.165, 1.54) is 18.3 Å². The van der Waals surface area contributed by atoms with Crippen molar-refractivity contribution in [3.8, 4) is 17.3 Å². The number of alkyl halides is 5. The lowest BCUT2D eigenvalue weighted by atomic mass is 9.84. The van der Waals surface area contributed by atoms with Crippen molar-refractivity contribution in [3.63, 3.8) is 0 Å². The Balaban J connectivity index is 0.000000507. The van der Waals surface area contributed by atoms with Crippen LogP contribution < -0.4 is 10.3 Å². The Bertz CT molecular complexity index is 1440. The van der Waals surface area contributed by atoms with Gasteiger partial charge in [0.25, 0.3) is 11.4 Å². The fourth-order valence-corrected chi connectivity index (χ4v) is 4.02. The second kappa shape index (κ2) is 13.9. The molecule has 0 bridgehead atoms. The summed E-state index contributed by atoms with van der Waals surface area (Å²) in [6, 6.07) is 3.76. The molecule has 1 fully saturated rings. The van der Waals surface area contributed by atoms with Gasteiger partial charge in [-0.05, 0) is 43.0 Å². The SMILES string of the molecule is C=C/C(F)=C\C(=C)F.O=c1c(C2CCCCC2)cc(-c2noc(C(F)F)n2)nn1Cc1ncccc1OC(F)(F)F. The van der Waals surface area contributed by atoms with Crippen LogP contribution in [-0.4, -0.2) is 31.3 Å². The van der Waals surface area contributed by atoms with E-state index in [1.807, 2.05) is 0 Å². The molecule has 0 aliphatic heterocycles. The standard InChI is InChI=1S/C20H18F5N5O3.C6H6F2/c21-16(22)18-27-17(29-33-18)13-9-12(11-5-2-1-3-6-11)19(31)30(28-13)10-14-15(7-4-8-26-14)32-20(23,24)25;1-3-6(8)4-5(2)7/h4,7-9,11,16H,1-3,5-6,10H2;3-4H,1-2H2/b;6-4+. The number of hydrogen-bond acceptors (Lipinski definition) is 7. The molecule has 41 heavy (non-hydrogen) atoms. The van der Waals surface area contributed by atoms with Gasteiger partial charge in [-0.15, -0.1) is 13.2 Å². The Labute approximate surface area is 228 Å². The Morgan fingerprint density at radius 1 is 1.22 bits per heavy atom. The highest BCUT2D eigenvalue weighted by atomic mass is 19.4. The first-order valence-corrected chi connectivity index (χ1v) is 12.2. The second-order valence-corrected chi connectivity index (χ2v) is 8.72. The van der Waals surface area contributed by atoms with E-state index in [0.717, 1.165) is 48.9 Å². The molecule has 0 N–H and O–H groups in total. The summed E-state index contributed by atoms with van der Waals surface area (Å²) >= 11 is 0. The highest BCUT2D eigenvalue weighted by Gasteiger charge is 2.32. The predicted molar refractivity (Wildman–Crippen MR) is 132 cm³/mol. The molecule has 4 rings (SSSR count). The van der Waals surface area contributed by atoms with Gasteiger partial charge in [0.15, 0.2) is 5.75 Å². The summed E-state index contributed by atoms with van der Waals surface area (Å²) in [5, 5.41) is 7.61. The quantitative estimate of drug-likeness (QED) is 0.204. The van der Waals surface area contributed by atoms with Gasteiger partial charge in [-0.2, -0.15) is 18.9 Å². The van der Waals surface area contributed by atoms with Gasteiger partial charge >= 0.3 is 12.8 Å². The second-order valence-electron chi connectivity index (χ2n) is 8.72. The van der Waals surface area contributed by atoms with Crippen LogP contribution in [0.2, 0.25) is 0 Å². The summed E-state index contributed by atoms with van der Waals surface area (Å²) < 4.78 is 97.0. The normalized spacial score (nSPS) is 14.4. The van der Waals surface area contributed by atoms with Gasteiger partial charge in [0.1, 0.15) is 23.0 Å². The topological polar surface area (TPSA) is 95.9 Å². The van der Waals surface area contributed by atoms with Gasteiger partial charge in [0, 0.05) is 17.8 Å². The van der Waals surface area contributed by atoms with E-state index in [-0.39, 0.29) is 23.1 Å². The van der Waals surface area contributed by atoms with Crippen LogP contribution >= 0.6 is 0 Å². The number of ether oxygens (including phenoxy) is 1. The molecule has 1 saturated carbocycles. The zero-order chi connectivity index (χ0) is 30.2. The molecule has 220 valence electrons. The van der Waals surface area contributed by atoms with Gasteiger partial charge in [-0.25, -0.2) is 13.5 Å². The smallest absolute Gasteiger partial charge is 0.404 e. The molecule has 1 aliphatic rings. The van der Waals surface area contributed by atoms with E-state index in [1.54, 1.807) is 0 Å². The largest absolute Gasteiger partial charge is 0.573 e. The number of pyridine rings is 1. The van der Waals surface area contributed by atoms with Crippen molar-refractivity contribution in [2.24, 2.45) is 0 Å². The highest BCUT2D eigenvalue weighted by molar-refractivity contribution is 5.49. The molecule has 15 heteroatoms. The fraction of sp³-hybridized carbons (Fsp3) is 0.346. The van der Waals surface area contributed by atoms with Gasteiger partial charge in [0.05, 0.1) is 6.54 Å². The maximum atomic E-state index is 13.2. The van der Waals surface area contributed by atoms with Crippen LogP contribution in [0.15, 0.2) is 70.7 Å². The van der Waals surface area contributed by atoms with Gasteiger partial charge in [0.2, 0.25) is 5.82 Å². The van der Waals surface area contributed by atoms with Crippen LogP contribution in [0.1, 0.15) is 61.6 Å². The third-order valence-electron chi connectivity index (χ3n) is 5.77. The first kappa shape index (κ1) is 31.2. The van der Waals surface area contributed by atoms with Crippen molar-refractivity contribution in [3.05, 3.63) is 88.9 Å². The third kappa shape index (κ3) is 9.11.